The second kappa shape index (κ2) is 6.65. The molecule has 0 bridgehead atoms. The quantitative estimate of drug-likeness (QED) is 0.549. The first-order valence-electron chi connectivity index (χ1n) is 4.76. The lowest BCUT2D eigenvalue weighted by molar-refractivity contribution is -0.152. The molecule has 0 aliphatic carbocycles. The SMILES string of the molecule is CCOC(=O)[C@H](C)OC(=O)N(C)NC(C)=O. The lowest BCUT2D eigenvalue weighted by atomic mass is 10.4. The van der Waals surface area contributed by atoms with Crippen LogP contribution in [-0.4, -0.2) is 42.7 Å². The molecule has 2 amide bonds. The monoisotopic (exact) mass is 232 g/mol. The van der Waals surface area contributed by atoms with Crippen molar-refractivity contribution in [2.75, 3.05) is 13.7 Å². The van der Waals surface area contributed by atoms with Crippen molar-refractivity contribution in [2.24, 2.45) is 0 Å². The molecular weight excluding hydrogens is 216 g/mol. The van der Waals surface area contributed by atoms with Crippen LogP contribution in [0.25, 0.3) is 0 Å². The Morgan fingerprint density at radius 2 is 1.94 bits per heavy atom. The Kier molecular flexibility index (Phi) is 5.91. The topological polar surface area (TPSA) is 84.9 Å². The van der Waals surface area contributed by atoms with E-state index in [1.54, 1.807) is 6.92 Å². The maximum absolute atomic E-state index is 11.3. The summed E-state index contributed by atoms with van der Waals surface area (Å²) in [6.45, 7) is 4.49. The van der Waals surface area contributed by atoms with Crippen molar-refractivity contribution in [2.45, 2.75) is 26.9 Å². The molecule has 0 heterocycles. The highest BCUT2D eigenvalue weighted by molar-refractivity contribution is 5.80. The third-order valence-corrected chi connectivity index (χ3v) is 1.50. The van der Waals surface area contributed by atoms with E-state index in [1.165, 1.54) is 20.9 Å². The number of nitrogens with zero attached hydrogens (tertiary/aromatic N) is 1. The van der Waals surface area contributed by atoms with E-state index >= 15 is 0 Å². The van der Waals surface area contributed by atoms with Crippen molar-refractivity contribution in [3.8, 4) is 0 Å². The average Bonchev–Trinajstić information content (AvgIpc) is 2.16. The highest BCUT2D eigenvalue weighted by Gasteiger charge is 2.21. The first-order chi connectivity index (χ1) is 7.38. The molecule has 92 valence electrons. The van der Waals surface area contributed by atoms with Crippen molar-refractivity contribution in [3.63, 3.8) is 0 Å². The average molecular weight is 232 g/mol. The summed E-state index contributed by atoms with van der Waals surface area (Å²) < 4.78 is 9.37. The first-order valence-corrected chi connectivity index (χ1v) is 4.76. The van der Waals surface area contributed by atoms with E-state index in [1.807, 2.05) is 0 Å². The Morgan fingerprint density at radius 3 is 2.38 bits per heavy atom. The molecule has 7 heteroatoms. The molecule has 0 rings (SSSR count). The van der Waals surface area contributed by atoms with Crippen LogP contribution in [0.2, 0.25) is 0 Å². The fraction of sp³-hybridized carbons (Fsp3) is 0.667. The molecule has 0 aromatic rings. The molecular formula is C9H16N2O5. The zero-order valence-corrected chi connectivity index (χ0v) is 9.77. The van der Waals surface area contributed by atoms with E-state index in [9.17, 15) is 14.4 Å². The molecule has 1 N–H and O–H groups in total. The predicted octanol–water partition coefficient (Wildman–Crippen LogP) is 0.0575. The van der Waals surface area contributed by atoms with Crippen molar-refractivity contribution < 1.29 is 23.9 Å². The van der Waals surface area contributed by atoms with E-state index in [-0.39, 0.29) is 6.61 Å². The summed E-state index contributed by atoms with van der Waals surface area (Å²) in [6.07, 6.45) is -1.85. The molecule has 16 heavy (non-hydrogen) atoms. The lowest BCUT2D eigenvalue weighted by Crippen LogP contribution is -2.44. The summed E-state index contributed by atoms with van der Waals surface area (Å²) in [5.74, 6) is -1.05. The van der Waals surface area contributed by atoms with Gasteiger partial charge in [-0.15, -0.1) is 0 Å². The van der Waals surface area contributed by atoms with Gasteiger partial charge in [0.2, 0.25) is 5.91 Å². The number of carbonyl (C=O) groups is 3. The summed E-state index contributed by atoms with van der Waals surface area (Å²) in [5.41, 5.74) is 2.19. The maximum atomic E-state index is 11.3. The third kappa shape index (κ3) is 5.18. The smallest absolute Gasteiger partial charge is 0.429 e. The zero-order chi connectivity index (χ0) is 12.7. The lowest BCUT2D eigenvalue weighted by Gasteiger charge is -2.19. The molecule has 0 aliphatic heterocycles. The number of ether oxygens (including phenoxy) is 2. The molecule has 0 radical (unpaired) electrons. The van der Waals surface area contributed by atoms with Gasteiger partial charge in [0, 0.05) is 14.0 Å². The fourth-order valence-corrected chi connectivity index (χ4v) is 0.820. The molecule has 0 fully saturated rings. The Morgan fingerprint density at radius 1 is 1.38 bits per heavy atom. The van der Waals surface area contributed by atoms with Gasteiger partial charge in [-0.1, -0.05) is 0 Å². The number of hydrogen-bond acceptors (Lipinski definition) is 5. The Hall–Kier alpha value is -1.79. The van der Waals surface area contributed by atoms with E-state index in [0.717, 1.165) is 5.01 Å². The second-order valence-electron chi connectivity index (χ2n) is 3.01. The fourth-order valence-electron chi connectivity index (χ4n) is 0.820. The number of amides is 2. The van der Waals surface area contributed by atoms with Gasteiger partial charge in [0.05, 0.1) is 6.61 Å². The van der Waals surface area contributed by atoms with Gasteiger partial charge in [-0.25, -0.2) is 14.6 Å². The molecule has 0 spiro atoms. The van der Waals surface area contributed by atoms with Gasteiger partial charge in [-0.3, -0.25) is 10.2 Å². The number of esters is 1. The van der Waals surface area contributed by atoms with E-state index in [0.29, 0.717) is 0 Å². The Bertz CT molecular complexity index is 279. The van der Waals surface area contributed by atoms with Crippen LogP contribution in [0.5, 0.6) is 0 Å². The van der Waals surface area contributed by atoms with Crippen LogP contribution in [0.1, 0.15) is 20.8 Å². The number of carbonyl (C=O) groups excluding carboxylic acids is 3. The molecule has 7 nitrogen and oxygen atoms in total. The van der Waals surface area contributed by atoms with Gasteiger partial charge in [0.1, 0.15) is 0 Å². The Labute approximate surface area is 93.7 Å². The van der Waals surface area contributed by atoms with Gasteiger partial charge in [-0.05, 0) is 13.8 Å². The van der Waals surface area contributed by atoms with E-state index in [4.69, 9.17) is 4.74 Å². The largest absolute Gasteiger partial charge is 0.463 e. The highest BCUT2D eigenvalue weighted by Crippen LogP contribution is 1.98. The summed E-state index contributed by atoms with van der Waals surface area (Å²) in [7, 11) is 1.31. The standard InChI is InChI=1S/C9H16N2O5/c1-5-15-8(13)6(2)16-9(14)11(4)10-7(3)12/h6H,5H2,1-4H3,(H,10,12)/t6-/m0/s1. The summed E-state index contributed by atoms with van der Waals surface area (Å²) in [6, 6.07) is 0. The third-order valence-electron chi connectivity index (χ3n) is 1.50. The highest BCUT2D eigenvalue weighted by atomic mass is 16.6. The van der Waals surface area contributed by atoms with Crippen molar-refractivity contribution in [1.29, 1.82) is 0 Å². The zero-order valence-electron chi connectivity index (χ0n) is 9.77. The number of nitrogens with one attached hydrogen (secondary N) is 1. The molecule has 0 aliphatic rings. The normalized spacial score (nSPS) is 11.2. The van der Waals surface area contributed by atoms with Crippen LogP contribution >= 0.6 is 0 Å². The summed E-state index contributed by atoms with van der Waals surface area (Å²) in [4.78, 5) is 33.0. The number of hydrazine groups is 1. The van der Waals surface area contributed by atoms with Gasteiger partial charge < -0.3 is 9.47 Å². The van der Waals surface area contributed by atoms with Crippen LogP contribution in [0, 0.1) is 0 Å². The van der Waals surface area contributed by atoms with Crippen molar-refractivity contribution in [3.05, 3.63) is 0 Å². The first kappa shape index (κ1) is 14.2. The van der Waals surface area contributed by atoms with E-state index in [2.05, 4.69) is 10.2 Å². The van der Waals surface area contributed by atoms with Gasteiger partial charge >= 0.3 is 12.1 Å². The summed E-state index contributed by atoms with van der Waals surface area (Å²) in [5, 5.41) is 0.845. The molecule has 0 unspecified atom stereocenters. The van der Waals surface area contributed by atoms with Crippen LogP contribution in [0.3, 0.4) is 0 Å². The minimum absolute atomic E-state index is 0.211. The van der Waals surface area contributed by atoms with E-state index < -0.39 is 24.1 Å². The molecule has 0 aromatic heterocycles. The van der Waals surface area contributed by atoms with Gasteiger partial charge in [0.25, 0.3) is 0 Å². The second-order valence-corrected chi connectivity index (χ2v) is 3.01. The Balaban J connectivity index is 4.12. The van der Waals surface area contributed by atoms with Crippen molar-refractivity contribution >= 4 is 18.0 Å². The van der Waals surface area contributed by atoms with Crippen LogP contribution in [0.15, 0.2) is 0 Å². The van der Waals surface area contributed by atoms with Crippen molar-refractivity contribution in [1.82, 2.24) is 10.4 Å². The number of rotatable bonds is 3. The van der Waals surface area contributed by atoms with Crippen LogP contribution < -0.4 is 5.43 Å². The summed E-state index contributed by atoms with van der Waals surface area (Å²) >= 11 is 0. The molecule has 0 aromatic carbocycles. The molecule has 1 atom stereocenters. The maximum Gasteiger partial charge on any atom is 0.429 e. The van der Waals surface area contributed by atoms with Gasteiger partial charge in [0.15, 0.2) is 6.10 Å². The molecule has 0 saturated heterocycles. The minimum Gasteiger partial charge on any atom is -0.463 e. The minimum atomic E-state index is -1.01. The van der Waals surface area contributed by atoms with Gasteiger partial charge in [-0.2, -0.15) is 0 Å². The van der Waals surface area contributed by atoms with Crippen LogP contribution in [0.4, 0.5) is 4.79 Å². The van der Waals surface area contributed by atoms with Crippen LogP contribution in [-0.2, 0) is 19.1 Å². The number of hydrogen-bond donors (Lipinski definition) is 1. The molecule has 0 saturated carbocycles. The predicted molar refractivity (Wildman–Crippen MR) is 54.2 cm³/mol.